The molecular weight excluding hydrogens is 320 g/mol. The Kier molecular flexibility index (Phi) is 6.09. The van der Waals surface area contributed by atoms with Gasteiger partial charge in [0.05, 0.1) is 20.3 Å². The van der Waals surface area contributed by atoms with Gasteiger partial charge in [-0.25, -0.2) is 9.97 Å². The molecule has 2 aliphatic rings. The summed E-state index contributed by atoms with van der Waals surface area (Å²) < 4.78 is 16.0. The predicted molar refractivity (Wildman–Crippen MR) is 96.1 cm³/mol. The highest BCUT2D eigenvalue weighted by molar-refractivity contribution is 5.41. The maximum Gasteiger partial charge on any atom is 0.218 e. The average molecular weight is 350 g/mol. The van der Waals surface area contributed by atoms with Crippen molar-refractivity contribution in [1.82, 2.24) is 14.9 Å². The molecule has 1 atom stereocenters. The molecule has 0 amide bonds. The van der Waals surface area contributed by atoms with Crippen LogP contribution in [0.4, 0.5) is 5.82 Å². The number of methoxy groups -OCH3 is 3. The van der Waals surface area contributed by atoms with Crippen LogP contribution in [-0.2, 0) is 9.47 Å². The van der Waals surface area contributed by atoms with E-state index in [-0.39, 0.29) is 0 Å². The van der Waals surface area contributed by atoms with E-state index in [0.29, 0.717) is 17.2 Å². The third-order valence-corrected chi connectivity index (χ3v) is 5.78. The van der Waals surface area contributed by atoms with Gasteiger partial charge in [0.25, 0.3) is 0 Å². The first kappa shape index (κ1) is 18.4. The van der Waals surface area contributed by atoms with Gasteiger partial charge in [0.2, 0.25) is 5.88 Å². The highest BCUT2D eigenvalue weighted by Crippen LogP contribution is 2.45. The Morgan fingerprint density at radius 1 is 1.16 bits per heavy atom. The van der Waals surface area contributed by atoms with Crippen LogP contribution in [0.1, 0.15) is 12.8 Å². The first-order valence-electron chi connectivity index (χ1n) is 9.02. The van der Waals surface area contributed by atoms with Gasteiger partial charge in [-0.05, 0) is 18.3 Å². The van der Waals surface area contributed by atoms with E-state index in [1.165, 1.54) is 0 Å². The fourth-order valence-electron chi connectivity index (χ4n) is 4.33. The van der Waals surface area contributed by atoms with Gasteiger partial charge in [0, 0.05) is 58.9 Å². The third-order valence-electron chi connectivity index (χ3n) is 5.78. The fourth-order valence-corrected chi connectivity index (χ4v) is 4.33. The molecule has 0 aromatic carbocycles. The molecule has 0 bridgehead atoms. The summed E-state index contributed by atoms with van der Waals surface area (Å²) >= 11 is 0. The van der Waals surface area contributed by atoms with Crippen molar-refractivity contribution in [3.8, 4) is 5.88 Å². The zero-order valence-electron chi connectivity index (χ0n) is 15.6. The third kappa shape index (κ3) is 4.04. The summed E-state index contributed by atoms with van der Waals surface area (Å²) in [5.41, 5.74) is 0.345. The molecule has 0 radical (unpaired) electrons. The number of hydrogen-bond donors (Lipinski definition) is 0. The summed E-state index contributed by atoms with van der Waals surface area (Å²) in [5.74, 6) is 2.17. The Hall–Kier alpha value is -1.44. The Balaban J connectivity index is 1.65. The van der Waals surface area contributed by atoms with E-state index in [2.05, 4.69) is 19.8 Å². The molecule has 25 heavy (non-hydrogen) atoms. The lowest BCUT2D eigenvalue weighted by Gasteiger charge is -2.43. The summed E-state index contributed by atoms with van der Waals surface area (Å²) in [6.07, 6.45) is 3.90. The van der Waals surface area contributed by atoms with Crippen molar-refractivity contribution in [2.24, 2.45) is 11.3 Å². The van der Waals surface area contributed by atoms with Crippen LogP contribution in [0.15, 0.2) is 12.4 Å². The Morgan fingerprint density at radius 3 is 2.64 bits per heavy atom. The molecule has 0 N–H and O–H groups in total. The summed E-state index contributed by atoms with van der Waals surface area (Å²) in [4.78, 5) is 13.4. The van der Waals surface area contributed by atoms with Crippen LogP contribution in [0.2, 0.25) is 0 Å². The first-order valence-corrected chi connectivity index (χ1v) is 9.02. The van der Waals surface area contributed by atoms with E-state index in [1.807, 2.05) is 13.2 Å². The maximum atomic E-state index is 5.54. The van der Waals surface area contributed by atoms with Gasteiger partial charge in [-0.15, -0.1) is 0 Å². The van der Waals surface area contributed by atoms with Gasteiger partial charge in [0.1, 0.15) is 12.1 Å². The number of piperidine rings is 1. The van der Waals surface area contributed by atoms with E-state index in [0.717, 1.165) is 64.6 Å². The number of likely N-dealkylation sites (tertiary alicyclic amines) is 1. The van der Waals surface area contributed by atoms with Crippen molar-refractivity contribution < 1.29 is 14.2 Å². The smallest absolute Gasteiger partial charge is 0.218 e. The Bertz CT molecular complexity index is 549. The molecule has 1 aromatic rings. The van der Waals surface area contributed by atoms with Crippen LogP contribution < -0.4 is 9.64 Å². The van der Waals surface area contributed by atoms with Crippen LogP contribution in [-0.4, -0.2) is 82.1 Å². The molecule has 2 saturated heterocycles. The van der Waals surface area contributed by atoms with Gasteiger partial charge in [0.15, 0.2) is 0 Å². The normalized spacial score (nSPS) is 23.3. The second kappa shape index (κ2) is 8.29. The van der Waals surface area contributed by atoms with E-state index >= 15 is 0 Å². The molecule has 1 aromatic heterocycles. The van der Waals surface area contributed by atoms with E-state index in [1.54, 1.807) is 20.5 Å². The topological polar surface area (TPSA) is 60.0 Å². The first-order chi connectivity index (χ1) is 12.2. The second-order valence-electron chi connectivity index (χ2n) is 7.15. The molecule has 2 fully saturated rings. The molecule has 3 rings (SSSR count). The molecule has 140 valence electrons. The molecule has 2 aliphatic heterocycles. The van der Waals surface area contributed by atoms with E-state index in [9.17, 15) is 0 Å². The van der Waals surface area contributed by atoms with Crippen molar-refractivity contribution in [1.29, 1.82) is 0 Å². The van der Waals surface area contributed by atoms with Gasteiger partial charge < -0.3 is 24.0 Å². The summed E-state index contributed by atoms with van der Waals surface area (Å²) in [6, 6.07) is 1.92. The van der Waals surface area contributed by atoms with Crippen molar-refractivity contribution in [3.05, 3.63) is 12.4 Å². The number of ether oxygens (including phenoxy) is 3. The maximum absolute atomic E-state index is 5.54. The number of rotatable bonds is 7. The van der Waals surface area contributed by atoms with Crippen molar-refractivity contribution in [3.63, 3.8) is 0 Å². The molecule has 0 saturated carbocycles. The zero-order valence-corrected chi connectivity index (χ0v) is 15.6. The zero-order chi connectivity index (χ0) is 17.7. The van der Waals surface area contributed by atoms with Crippen molar-refractivity contribution in [2.45, 2.75) is 12.8 Å². The van der Waals surface area contributed by atoms with Crippen LogP contribution in [0.3, 0.4) is 0 Å². The minimum absolute atomic E-state index is 0.345. The summed E-state index contributed by atoms with van der Waals surface area (Å²) in [5, 5.41) is 0. The van der Waals surface area contributed by atoms with Crippen LogP contribution in [0.25, 0.3) is 0 Å². The molecule has 7 heteroatoms. The van der Waals surface area contributed by atoms with Crippen LogP contribution in [0.5, 0.6) is 5.88 Å². The lowest BCUT2D eigenvalue weighted by Crippen LogP contribution is -2.45. The van der Waals surface area contributed by atoms with Crippen LogP contribution in [0, 0.1) is 11.3 Å². The molecule has 1 spiro atoms. The van der Waals surface area contributed by atoms with Gasteiger partial charge >= 0.3 is 0 Å². The Morgan fingerprint density at radius 2 is 1.96 bits per heavy atom. The predicted octanol–water partition coefficient (Wildman–Crippen LogP) is 1.30. The highest BCUT2D eigenvalue weighted by Gasteiger charge is 2.47. The van der Waals surface area contributed by atoms with Crippen LogP contribution >= 0.6 is 0 Å². The minimum atomic E-state index is 0.345. The Labute approximate surface area is 150 Å². The van der Waals surface area contributed by atoms with E-state index < -0.39 is 0 Å². The van der Waals surface area contributed by atoms with Gasteiger partial charge in [-0.2, -0.15) is 0 Å². The SMILES string of the molecule is COCCN1C[C@H](COC)C2(CCN(c3cc(OC)ncn3)CC2)C1. The standard InChI is InChI=1S/C18H30N4O3/c1-23-9-8-21-11-15(12-24-2)18(13-21)4-6-22(7-5-18)16-10-17(25-3)20-14-19-16/h10,14-15H,4-9,11-13H2,1-3H3/t15-/m1/s1. The molecule has 0 unspecified atom stereocenters. The number of aromatic nitrogens is 2. The lowest BCUT2D eigenvalue weighted by molar-refractivity contribution is 0.0761. The number of hydrogen-bond acceptors (Lipinski definition) is 7. The number of anilines is 1. The second-order valence-corrected chi connectivity index (χ2v) is 7.15. The average Bonchev–Trinajstić information content (AvgIpc) is 2.98. The molecular formula is C18H30N4O3. The van der Waals surface area contributed by atoms with Gasteiger partial charge in [-0.1, -0.05) is 0 Å². The largest absolute Gasteiger partial charge is 0.481 e. The molecule has 0 aliphatic carbocycles. The highest BCUT2D eigenvalue weighted by atomic mass is 16.5. The van der Waals surface area contributed by atoms with Crippen molar-refractivity contribution in [2.75, 3.05) is 72.2 Å². The quantitative estimate of drug-likeness (QED) is 0.734. The fraction of sp³-hybridized carbons (Fsp3) is 0.778. The molecule has 3 heterocycles. The van der Waals surface area contributed by atoms with Gasteiger partial charge in [-0.3, -0.25) is 0 Å². The summed E-state index contributed by atoms with van der Waals surface area (Å²) in [6.45, 7) is 6.92. The van der Waals surface area contributed by atoms with Crippen molar-refractivity contribution >= 4 is 5.82 Å². The molecule has 7 nitrogen and oxygen atoms in total. The lowest BCUT2D eigenvalue weighted by atomic mass is 9.71. The monoisotopic (exact) mass is 350 g/mol. The van der Waals surface area contributed by atoms with E-state index in [4.69, 9.17) is 14.2 Å². The number of nitrogens with zero attached hydrogens (tertiary/aromatic N) is 4. The minimum Gasteiger partial charge on any atom is -0.481 e. The summed E-state index contributed by atoms with van der Waals surface area (Å²) in [7, 11) is 5.22.